The molecule has 0 saturated carbocycles. The average molecular weight is 336 g/mol. The zero-order valence-electron chi connectivity index (χ0n) is 14.2. The SMILES string of the molecule is CC(C)COP(=O)(OCC(C)C)C(C)CC(=O)OCC1CO1. The Morgan fingerprint density at radius 1 is 1.14 bits per heavy atom. The maximum atomic E-state index is 12.9. The van der Waals surface area contributed by atoms with E-state index in [1.807, 2.05) is 27.7 Å². The van der Waals surface area contributed by atoms with E-state index in [-0.39, 0.29) is 31.0 Å². The third-order valence-electron chi connectivity index (χ3n) is 3.01. The molecule has 7 heteroatoms. The minimum atomic E-state index is -3.34. The molecule has 130 valence electrons. The zero-order chi connectivity index (χ0) is 16.8. The van der Waals surface area contributed by atoms with Gasteiger partial charge < -0.3 is 18.5 Å². The first kappa shape index (κ1) is 19.6. The molecule has 0 bridgehead atoms. The molecule has 0 aromatic heterocycles. The molecule has 1 fully saturated rings. The van der Waals surface area contributed by atoms with E-state index in [2.05, 4.69) is 0 Å². The summed E-state index contributed by atoms with van der Waals surface area (Å²) in [4.78, 5) is 11.8. The van der Waals surface area contributed by atoms with Gasteiger partial charge in [-0.25, -0.2) is 0 Å². The van der Waals surface area contributed by atoms with Crippen LogP contribution in [0.1, 0.15) is 41.0 Å². The Kier molecular flexibility index (Phi) is 8.04. The lowest BCUT2D eigenvalue weighted by Crippen LogP contribution is -2.19. The lowest BCUT2D eigenvalue weighted by molar-refractivity contribution is -0.144. The second-order valence-electron chi connectivity index (χ2n) is 6.61. The fourth-order valence-corrected chi connectivity index (χ4v) is 3.53. The van der Waals surface area contributed by atoms with Crippen molar-refractivity contribution in [3.05, 3.63) is 0 Å². The first-order valence-corrected chi connectivity index (χ1v) is 9.50. The number of hydrogen-bond donors (Lipinski definition) is 0. The van der Waals surface area contributed by atoms with Gasteiger partial charge in [-0.05, 0) is 11.8 Å². The number of hydrogen-bond acceptors (Lipinski definition) is 6. The zero-order valence-corrected chi connectivity index (χ0v) is 15.1. The number of esters is 1. The molecule has 0 aliphatic carbocycles. The quantitative estimate of drug-likeness (QED) is 0.327. The largest absolute Gasteiger partial charge is 0.463 e. The van der Waals surface area contributed by atoms with Crippen molar-refractivity contribution in [3.63, 3.8) is 0 Å². The van der Waals surface area contributed by atoms with Crippen LogP contribution in [0.15, 0.2) is 0 Å². The molecule has 1 rings (SSSR count). The van der Waals surface area contributed by atoms with E-state index in [0.717, 1.165) is 0 Å². The molecule has 0 N–H and O–H groups in total. The van der Waals surface area contributed by atoms with Crippen LogP contribution >= 0.6 is 7.60 Å². The Hall–Kier alpha value is -0.420. The van der Waals surface area contributed by atoms with Crippen LogP contribution in [0.5, 0.6) is 0 Å². The van der Waals surface area contributed by atoms with Gasteiger partial charge in [0.05, 0.1) is 31.9 Å². The molecule has 0 radical (unpaired) electrons. The lowest BCUT2D eigenvalue weighted by Gasteiger charge is -2.25. The molecule has 1 aliphatic rings. The van der Waals surface area contributed by atoms with Gasteiger partial charge in [0, 0.05) is 0 Å². The Morgan fingerprint density at radius 3 is 2.05 bits per heavy atom. The normalized spacial score (nSPS) is 19.5. The summed E-state index contributed by atoms with van der Waals surface area (Å²) in [6.07, 6.45) is 0.0423. The predicted molar refractivity (Wildman–Crippen MR) is 84.0 cm³/mol. The fraction of sp³-hybridized carbons (Fsp3) is 0.933. The molecule has 1 heterocycles. The summed E-state index contributed by atoms with van der Waals surface area (Å²) in [5, 5.41) is 0. The number of carbonyl (C=O) groups is 1. The van der Waals surface area contributed by atoms with Crippen molar-refractivity contribution in [2.24, 2.45) is 11.8 Å². The van der Waals surface area contributed by atoms with Crippen molar-refractivity contribution in [1.82, 2.24) is 0 Å². The maximum Gasteiger partial charge on any atom is 0.334 e. The average Bonchev–Trinajstić information content (AvgIpc) is 3.24. The van der Waals surface area contributed by atoms with Crippen LogP contribution in [0.25, 0.3) is 0 Å². The summed E-state index contributed by atoms with van der Waals surface area (Å²) in [6, 6.07) is 0. The van der Waals surface area contributed by atoms with Crippen LogP contribution in [0.3, 0.4) is 0 Å². The topological polar surface area (TPSA) is 74.4 Å². The summed E-state index contributed by atoms with van der Waals surface area (Å²) in [5.41, 5.74) is -0.530. The van der Waals surface area contributed by atoms with Gasteiger partial charge in [0.25, 0.3) is 0 Å². The van der Waals surface area contributed by atoms with E-state index in [4.69, 9.17) is 18.5 Å². The molecular formula is C15H29O6P. The molecule has 6 nitrogen and oxygen atoms in total. The first-order valence-electron chi connectivity index (χ1n) is 7.89. The van der Waals surface area contributed by atoms with Crippen molar-refractivity contribution >= 4 is 13.6 Å². The Bertz CT molecular complexity index is 375. The third-order valence-corrected chi connectivity index (χ3v) is 5.29. The van der Waals surface area contributed by atoms with Crippen LogP contribution in [-0.2, 0) is 27.9 Å². The standard InChI is InChI=1S/C15H29O6P/c1-11(2)7-20-22(17,21-8-12(3)4)13(5)6-15(16)19-10-14-9-18-14/h11-14H,6-10H2,1-5H3. The third kappa shape index (κ3) is 7.73. The Morgan fingerprint density at radius 2 is 1.64 bits per heavy atom. The van der Waals surface area contributed by atoms with Gasteiger partial charge in [-0.1, -0.05) is 34.6 Å². The number of epoxide rings is 1. The van der Waals surface area contributed by atoms with E-state index in [1.165, 1.54) is 0 Å². The van der Waals surface area contributed by atoms with E-state index in [9.17, 15) is 9.36 Å². The summed E-state index contributed by atoms with van der Waals surface area (Å²) >= 11 is 0. The van der Waals surface area contributed by atoms with Gasteiger partial charge in [0.1, 0.15) is 12.7 Å². The second-order valence-corrected chi connectivity index (χ2v) is 9.09. The minimum Gasteiger partial charge on any atom is -0.463 e. The summed E-state index contributed by atoms with van der Waals surface area (Å²) in [5.74, 6) is 0.0776. The van der Waals surface area contributed by atoms with E-state index in [0.29, 0.717) is 19.8 Å². The molecule has 0 amide bonds. The van der Waals surface area contributed by atoms with Crippen LogP contribution < -0.4 is 0 Å². The molecule has 0 aromatic carbocycles. The van der Waals surface area contributed by atoms with E-state index in [1.54, 1.807) is 6.92 Å². The number of carbonyl (C=O) groups excluding carboxylic acids is 1. The highest BCUT2D eigenvalue weighted by Crippen LogP contribution is 2.54. The number of ether oxygens (including phenoxy) is 2. The smallest absolute Gasteiger partial charge is 0.334 e. The molecule has 0 spiro atoms. The maximum absolute atomic E-state index is 12.9. The van der Waals surface area contributed by atoms with Gasteiger partial charge in [-0.15, -0.1) is 0 Å². The van der Waals surface area contributed by atoms with Crippen LogP contribution in [0.2, 0.25) is 0 Å². The van der Waals surface area contributed by atoms with Gasteiger partial charge in [0.15, 0.2) is 0 Å². The highest BCUT2D eigenvalue weighted by atomic mass is 31.2. The van der Waals surface area contributed by atoms with Crippen molar-refractivity contribution in [3.8, 4) is 0 Å². The summed E-state index contributed by atoms with van der Waals surface area (Å²) in [7, 11) is -3.34. The van der Waals surface area contributed by atoms with E-state index < -0.39 is 19.2 Å². The van der Waals surface area contributed by atoms with Crippen molar-refractivity contribution < 1.29 is 27.9 Å². The highest BCUT2D eigenvalue weighted by molar-refractivity contribution is 7.54. The molecule has 0 aromatic rings. The van der Waals surface area contributed by atoms with Crippen molar-refractivity contribution in [2.45, 2.75) is 52.8 Å². The van der Waals surface area contributed by atoms with Gasteiger partial charge in [-0.3, -0.25) is 9.36 Å². The second kappa shape index (κ2) is 9.02. The van der Waals surface area contributed by atoms with Gasteiger partial charge in [0.2, 0.25) is 0 Å². The van der Waals surface area contributed by atoms with Crippen molar-refractivity contribution in [2.75, 3.05) is 26.4 Å². The van der Waals surface area contributed by atoms with E-state index >= 15 is 0 Å². The highest BCUT2D eigenvalue weighted by Gasteiger charge is 2.35. The fourth-order valence-electron chi connectivity index (χ4n) is 1.56. The van der Waals surface area contributed by atoms with Crippen LogP contribution in [0, 0.1) is 11.8 Å². The Labute approximate surface area is 133 Å². The molecule has 2 atom stereocenters. The molecule has 2 unspecified atom stereocenters. The summed E-state index contributed by atoms with van der Waals surface area (Å²) < 4.78 is 34.1. The monoisotopic (exact) mass is 336 g/mol. The van der Waals surface area contributed by atoms with Crippen molar-refractivity contribution in [1.29, 1.82) is 0 Å². The Balaban J connectivity index is 2.53. The minimum absolute atomic E-state index is 0.0141. The molecular weight excluding hydrogens is 307 g/mol. The molecule has 1 aliphatic heterocycles. The van der Waals surface area contributed by atoms with Crippen LogP contribution in [0.4, 0.5) is 0 Å². The lowest BCUT2D eigenvalue weighted by atomic mass is 10.2. The van der Waals surface area contributed by atoms with Gasteiger partial charge >= 0.3 is 13.6 Å². The predicted octanol–water partition coefficient (Wildman–Crippen LogP) is 3.25. The summed E-state index contributed by atoms with van der Waals surface area (Å²) in [6.45, 7) is 11.2. The first-order chi connectivity index (χ1) is 10.2. The van der Waals surface area contributed by atoms with Crippen LogP contribution in [-0.4, -0.2) is 44.2 Å². The molecule has 1 saturated heterocycles. The van der Waals surface area contributed by atoms with Gasteiger partial charge in [-0.2, -0.15) is 0 Å². The molecule has 22 heavy (non-hydrogen) atoms. The number of rotatable bonds is 11.